The Hall–Kier alpha value is -1.06. The molecule has 1 aliphatic heterocycles. The van der Waals surface area contributed by atoms with E-state index in [4.69, 9.17) is 11.6 Å². The summed E-state index contributed by atoms with van der Waals surface area (Å²) >= 11 is 6.26. The molecule has 1 aliphatic carbocycles. The van der Waals surface area contributed by atoms with Crippen molar-refractivity contribution in [3.05, 3.63) is 34.9 Å². The molecule has 1 N–H and O–H groups in total. The van der Waals surface area contributed by atoms with Gasteiger partial charge < -0.3 is 10.2 Å². The molecule has 2 fully saturated rings. The van der Waals surface area contributed by atoms with E-state index in [9.17, 15) is 4.79 Å². The fraction of sp³-hybridized carbons (Fsp3) is 0.650. The van der Waals surface area contributed by atoms with E-state index >= 15 is 0 Å². The first-order chi connectivity index (χ1) is 11.6. The molecule has 1 amide bonds. The van der Waals surface area contributed by atoms with E-state index in [0.717, 1.165) is 37.5 Å². The molecule has 0 bridgehead atoms. The van der Waals surface area contributed by atoms with Crippen LogP contribution in [0.15, 0.2) is 24.3 Å². The van der Waals surface area contributed by atoms with Gasteiger partial charge in [0.2, 0.25) is 5.91 Å². The van der Waals surface area contributed by atoms with Gasteiger partial charge in [0.15, 0.2) is 0 Å². The maximum absolute atomic E-state index is 11.5. The molecule has 24 heavy (non-hydrogen) atoms. The lowest BCUT2D eigenvalue weighted by Crippen LogP contribution is -2.48. The Balaban J connectivity index is 1.64. The van der Waals surface area contributed by atoms with E-state index in [0.29, 0.717) is 6.04 Å². The molecule has 0 atom stereocenters. The van der Waals surface area contributed by atoms with E-state index in [1.165, 1.54) is 37.7 Å². The molecule has 2 aliphatic rings. The Morgan fingerprint density at radius 2 is 1.96 bits per heavy atom. The van der Waals surface area contributed by atoms with Crippen LogP contribution in [-0.4, -0.2) is 36.5 Å². The average Bonchev–Trinajstić information content (AvgIpc) is 2.61. The summed E-state index contributed by atoms with van der Waals surface area (Å²) in [5.41, 5.74) is 1.62. The first kappa shape index (κ1) is 17.8. The highest BCUT2D eigenvalue weighted by Gasteiger charge is 2.34. The van der Waals surface area contributed by atoms with Gasteiger partial charge in [-0.25, -0.2) is 0 Å². The Bertz CT molecular complexity index is 561. The van der Waals surface area contributed by atoms with Gasteiger partial charge in [-0.1, -0.05) is 43.0 Å². The zero-order valence-electron chi connectivity index (χ0n) is 14.7. The topological polar surface area (TPSA) is 32.3 Å². The van der Waals surface area contributed by atoms with Crippen LogP contribution < -0.4 is 5.32 Å². The molecule has 3 nitrogen and oxygen atoms in total. The fourth-order valence-corrected chi connectivity index (χ4v) is 4.54. The van der Waals surface area contributed by atoms with Gasteiger partial charge in [0.1, 0.15) is 0 Å². The lowest BCUT2D eigenvalue weighted by Gasteiger charge is -2.40. The molecule has 1 aromatic rings. The summed E-state index contributed by atoms with van der Waals surface area (Å²) in [7, 11) is 0. The minimum Gasteiger partial charge on any atom is -0.343 e. The number of piperidine rings is 1. The summed E-state index contributed by atoms with van der Waals surface area (Å²) in [5, 5.41) is 4.67. The molecule has 1 saturated heterocycles. The highest BCUT2D eigenvalue weighted by Crippen LogP contribution is 2.40. The highest BCUT2D eigenvalue weighted by molar-refractivity contribution is 6.30. The van der Waals surface area contributed by atoms with Crippen molar-refractivity contribution in [1.29, 1.82) is 0 Å². The molecule has 0 radical (unpaired) electrons. The molecular formula is C20H29ClN2O. The minimum absolute atomic E-state index is 0.205. The lowest BCUT2D eigenvalue weighted by molar-refractivity contribution is -0.129. The smallest absolute Gasteiger partial charge is 0.219 e. The van der Waals surface area contributed by atoms with Crippen LogP contribution in [0.2, 0.25) is 5.02 Å². The van der Waals surface area contributed by atoms with Gasteiger partial charge in [0.25, 0.3) is 0 Å². The third-order valence-electron chi connectivity index (χ3n) is 5.92. The molecular weight excluding hydrogens is 320 g/mol. The van der Waals surface area contributed by atoms with Crippen molar-refractivity contribution in [3.8, 4) is 0 Å². The number of hydrogen-bond acceptors (Lipinski definition) is 2. The second-order valence-corrected chi connectivity index (χ2v) is 7.95. The summed E-state index contributed by atoms with van der Waals surface area (Å²) < 4.78 is 0. The van der Waals surface area contributed by atoms with Gasteiger partial charge in [-0.05, 0) is 43.4 Å². The van der Waals surface area contributed by atoms with E-state index in [1.807, 2.05) is 11.0 Å². The first-order valence-electron chi connectivity index (χ1n) is 9.34. The van der Waals surface area contributed by atoms with Crippen LogP contribution in [0.25, 0.3) is 0 Å². The molecule has 0 aromatic heterocycles. The van der Waals surface area contributed by atoms with E-state index < -0.39 is 0 Å². The zero-order chi connectivity index (χ0) is 17.0. The number of likely N-dealkylation sites (tertiary alicyclic amines) is 1. The second kappa shape index (κ2) is 7.88. The van der Waals surface area contributed by atoms with Gasteiger partial charge in [-0.3, -0.25) is 4.79 Å². The van der Waals surface area contributed by atoms with Gasteiger partial charge >= 0.3 is 0 Å². The standard InChI is InChI=1S/C20H29ClN2O/c1-16(24)23-12-8-19(9-13-23)22-15-20(10-3-2-4-11-20)17-6-5-7-18(21)14-17/h5-7,14,19,22H,2-4,8-13,15H2,1H3. The van der Waals surface area contributed by atoms with Crippen LogP contribution in [0.3, 0.4) is 0 Å². The van der Waals surface area contributed by atoms with Crippen molar-refractivity contribution in [2.24, 2.45) is 0 Å². The third-order valence-corrected chi connectivity index (χ3v) is 6.15. The number of hydrogen-bond donors (Lipinski definition) is 1. The van der Waals surface area contributed by atoms with E-state index in [2.05, 4.69) is 23.5 Å². The van der Waals surface area contributed by atoms with Crippen molar-refractivity contribution in [2.75, 3.05) is 19.6 Å². The normalized spacial score (nSPS) is 21.7. The van der Waals surface area contributed by atoms with E-state index in [-0.39, 0.29) is 11.3 Å². The fourth-order valence-electron chi connectivity index (χ4n) is 4.35. The highest BCUT2D eigenvalue weighted by atomic mass is 35.5. The molecule has 1 saturated carbocycles. The van der Waals surface area contributed by atoms with Crippen LogP contribution in [0, 0.1) is 0 Å². The minimum atomic E-state index is 0.205. The molecule has 132 valence electrons. The monoisotopic (exact) mass is 348 g/mol. The van der Waals surface area contributed by atoms with Crippen LogP contribution >= 0.6 is 11.6 Å². The summed E-state index contributed by atoms with van der Waals surface area (Å²) in [6.45, 7) is 4.47. The van der Waals surface area contributed by atoms with Crippen LogP contribution in [0.1, 0.15) is 57.4 Å². The predicted molar refractivity (Wildman–Crippen MR) is 99.5 cm³/mol. The summed E-state index contributed by atoms with van der Waals surface area (Å²) in [5.74, 6) is 0.205. The maximum Gasteiger partial charge on any atom is 0.219 e. The van der Waals surface area contributed by atoms with Gasteiger partial charge in [0.05, 0.1) is 0 Å². The van der Waals surface area contributed by atoms with Gasteiger partial charge in [-0.2, -0.15) is 0 Å². The van der Waals surface area contributed by atoms with Crippen molar-refractivity contribution < 1.29 is 4.79 Å². The number of nitrogens with one attached hydrogen (secondary N) is 1. The number of carbonyl (C=O) groups is 1. The molecule has 4 heteroatoms. The number of halogens is 1. The number of benzene rings is 1. The average molecular weight is 349 g/mol. The molecule has 0 unspecified atom stereocenters. The quantitative estimate of drug-likeness (QED) is 0.886. The van der Waals surface area contributed by atoms with Crippen molar-refractivity contribution in [1.82, 2.24) is 10.2 Å². The summed E-state index contributed by atoms with van der Waals surface area (Å²) in [6.07, 6.45) is 8.56. The summed E-state index contributed by atoms with van der Waals surface area (Å²) in [6, 6.07) is 8.98. The predicted octanol–water partition coefficient (Wildman–Crippen LogP) is 4.14. The first-order valence-corrected chi connectivity index (χ1v) is 9.72. The lowest BCUT2D eigenvalue weighted by atomic mass is 9.69. The zero-order valence-corrected chi connectivity index (χ0v) is 15.4. The van der Waals surface area contributed by atoms with Crippen LogP contribution in [-0.2, 0) is 10.2 Å². The third kappa shape index (κ3) is 4.12. The van der Waals surface area contributed by atoms with Crippen molar-refractivity contribution >= 4 is 17.5 Å². The van der Waals surface area contributed by atoms with Crippen molar-refractivity contribution in [3.63, 3.8) is 0 Å². The SMILES string of the molecule is CC(=O)N1CCC(NCC2(c3cccc(Cl)c3)CCCCC2)CC1. The van der Waals surface area contributed by atoms with E-state index in [1.54, 1.807) is 6.92 Å². The number of amides is 1. The Morgan fingerprint density at radius 3 is 2.58 bits per heavy atom. The second-order valence-electron chi connectivity index (χ2n) is 7.51. The van der Waals surface area contributed by atoms with Gasteiger partial charge in [0, 0.05) is 43.0 Å². The Morgan fingerprint density at radius 1 is 1.25 bits per heavy atom. The van der Waals surface area contributed by atoms with Crippen molar-refractivity contribution in [2.45, 2.75) is 63.3 Å². The molecule has 1 heterocycles. The van der Waals surface area contributed by atoms with Crippen LogP contribution in [0.5, 0.6) is 0 Å². The number of rotatable bonds is 4. The molecule has 1 aromatic carbocycles. The summed E-state index contributed by atoms with van der Waals surface area (Å²) in [4.78, 5) is 13.4. The number of nitrogens with zero attached hydrogens (tertiary/aromatic N) is 1. The largest absolute Gasteiger partial charge is 0.343 e. The molecule has 0 spiro atoms. The Labute approximate surface area is 150 Å². The Kier molecular flexibility index (Phi) is 5.83. The maximum atomic E-state index is 11.5. The van der Waals surface area contributed by atoms with Crippen LogP contribution in [0.4, 0.5) is 0 Å². The molecule has 3 rings (SSSR count). The number of carbonyl (C=O) groups excluding carboxylic acids is 1. The van der Waals surface area contributed by atoms with Gasteiger partial charge in [-0.15, -0.1) is 0 Å².